The van der Waals surface area contributed by atoms with Gasteiger partial charge >= 0.3 is 0 Å². The first-order valence-electron chi connectivity index (χ1n) is 1.08. The summed E-state index contributed by atoms with van der Waals surface area (Å²) in [5, 5.41) is 0. The van der Waals surface area contributed by atoms with Gasteiger partial charge in [-0.05, 0) is 0 Å². The molecule has 0 N–H and O–H groups in total. The van der Waals surface area contributed by atoms with Gasteiger partial charge in [0.25, 0.3) is 0 Å². The van der Waals surface area contributed by atoms with Crippen LogP contribution in [-0.4, -0.2) is 6.67 Å². The van der Waals surface area contributed by atoms with Crippen LogP contribution in [0, 0.1) is 0 Å². The molecule has 0 heterocycles. The Balaban J connectivity index is 0. The Morgan fingerprint density at radius 1 is 1.80 bits per heavy atom. The fourth-order valence-electron chi connectivity index (χ4n) is 0. The molecule has 0 spiro atoms. The molecule has 0 saturated heterocycles. The lowest BCUT2D eigenvalue weighted by atomic mass is 10.7. The first-order valence-corrected chi connectivity index (χ1v) is 1.08. The van der Waals surface area contributed by atoms with Gasteiger partial charge in [0.15, 0.2) is 0 Å². The van der Waals surface area contributed by atoms with E-state index in [-0.39, 0.29) is 7.43 Å². The molecule has 5 heavy (non-hydrogen) atoms. The normalized spacial score (nSPS) is 5.00. The first kappa shape index (κ1) is 8.82. The lowest BCUT2D eigenvalue weighted by Crippen LogP contribution is -1.48. The van der Waals surface area contributed by atoms with Crippen LogP contribution in [0.15, 0.2) is 12.7 Å². The SMILES string of the molecule is C.C=CCF. The summed E-state index contributed by atoms with van der Waals surface area (Å²) in [7, 11) is 0. The molecule has 0 radical (unpaired) electrons. The summed E-state index contributed by atoms with van der Waals surface area (Å²) >= 11 is 0. The maximum absolute atomic E-state index is 10.6. The van der Waals surface area contributed by atoms with Crippen molar-refractivity contribution in [3.63, 3.8) is 0 Å². The van der Waals surface area contributed by atoms with Gasteiger partial charge in [-0.3, -0.25) is 0 Å². The van der Waals surface area contributed by atoms with E-state index in [1.807, 2.05) is 0 Å². The van der Waals surface area contributed by atoms with Crippen LogP contribution >= 0.6 is 0 Å². The molecule has 0 bridgehead atoms. The molecule has 0 aromatic rings. The van der Waals surface area contributed by atoms with Crippen molar-refractivity contribution in [1.29, 1.82) is 0 Å². The molecule has 32 valence electrons. The molecular weight excluding hydrogens is 67.0 g/mol. The molecule has 0 atom stereocenters. The monoisotopic (exact) mass is 76.1 g/mol. The molecule has 0 unspecified atom stereocenters. The van der Waals surface area contributed by atoms with Crippen molar-refractivity contribution in [3.8, 4) is 0 Å². The third-order valence-corrected chi connectivity index (χ3v) is 0.109. The molecular formula is C4H9F. The molecule has 1 heteroatoms. The molecule has 0 aromatic carbocycles. The van der Waals surface area contributed by atoms with Gasteiger partial charge in [-0.2, -0.15) is 0 Å². The summed E-state index contributed by atoms with van der Waals surface area (Å²) in [4.78, 5) is 0. The van der Waals surface area contributed by atoms with E-state index in [2.05, 4.69) is 6.58 Å². The highest BCUT2D eigenvalue weighted by atomic mass is 19.1. The topological polar surface area (TPSA) is 0 Å². The van der Waals surface area contributed by atoms with Crippen LogP contribution in [0.3, 0.4) is 0 Å². The zero-order valence-electron chi connectivity index (χ0n) is 2.37. The van der Waals surface area contributed by atoms with Gasteiger partial charge in [-0.1, -0.05) is 13.5 Å². The van der Waals surface area contributed by atoms with Crippen molar-refractivity contribution < 1.29 is 4.39 Å². The second-order valence-electron chi connectivity index (χ2n) is 0.443. The van der Waals surface area contributed by atoms with E-state index >= 15 is 0 Å². The second kappa shape index (κ2) is 9.38. The Bertz CT molecular complexity index is 17.6. The number of hydrogen-bond acceptors (Lipinski definition) is 0. The first-order chi connectivity index (χ1) is 1.91. The number of hydrogen-bond donors (Lipinski definition) is 0. The third kappa shape index (κ3) is 22.8. The molecule has 0 aromatic heterocycles. The van der Waals surface area contributed by atoms with Crippen molar-refractivity contribution in [2.45, 2.75) is 7.43 Å². The van der Waals surface area contributed by atoms with Crippen LogP contribution in [0.2, 0.25) is 0 Å². The summed E-state index contributed by atoms with van der Waals surface area (Å²) in [6.07, 6.45) is 1.21. The van der Waals surface area contributed by atoms with Crippen molar-refractivity contribution in [2.75, 3.05) is 6.67 Å². The van der Waals surface area contributed by atoms with Crippen molar-refractivity contribution in [2.24, 2.45) is 0 Å². The molecule has 0 aliphatic heterocycles. The Labute approximate surface area is 32.3 Å². The van der Waals surface area contributed by atoms with Gasteiger partial charge in [0.2, 0.25) is 0 Å². The van der Waals surface area contributed by atoms with E-state index in [1.54, 1.807) is 0 Å². The zero-order valence-corrected chi connectivity index (χ0v) is 2.37. The van der Waals surface area contributed by atoms with Crippen LogP contribution in [-0.2, 0) is 0 Å². The van der Waals surface area contributed by atoms with Gasteiger partial charge in [0.05, 0.1) is 0 Å². The highest BCUT2D eigenvalue weighted by Crippen LogP contribution is 1.58. The van der Waals surface area contributed by atoms with Crippen LogP contribution in [0.4, 0.5) is 4.39 Å². The van der Waals surface area contributed by atoms with Crippen molar-refractivity contribution in [1.82, 2.24) is 0 Å². The minimum absolute atomic E-state index is 0. The summed E-state index contributed by atoms with van der Waals surface area (Å²) in [6.45, 7) is 2.69. The largest absolute Gasteiger partial charge is 0.247 e. The fraction of sp³-hybridized carbons (Fsp3) is 0.500. The highest BCUT2D eigenvalue weighted by Gasteiger charge is 1.49. The molecule has 0 aliphatic rings. The average molecular weight is 76.1 g/mol. The van der Waals surface area contributed by atoms with E-state index in [0.29, 0.717) is 0 Å². The Hall–Kier alpha value is -0.330. The van der Waals surface area contributed by atoms with Crippen molar-refractivity contribution >= 4 is 0 Å². The summed E-state index contributed by atoms with van der Waals surface area (Å²) < 4.78 is 10.6. The van der Waals surface area contributed by atoms with Crippen LogP contribution in [0.1, 0.15) is 7.43 Å². The number of allylic oxidation sites excluding steroid dienone is 1. The van der Waals surface area contributed by atoms with E-state index in [0.717, 1.165) is 0 Å². The third-order valence-electron chi connectivity index (χ3n) is 0.109. The lowest BCUT2D eigenvalue weighted by Gasteiger charge is -1.54. The quantitative estimate of drug-likeness (QED) is 0.417. The summed E-state index contributed by atoms with van der Waals surface area (Å²) in [5.74, 6) is 0. The fourth-order valence-corrected chi connectivity index (χ4v) is 0. The molecule has 0 amide bonds. The standard InChI is InChI=1S/C3H5F.CH4/c1-2-3-4;/h2H,1,3H2;1H4. The minimum Gasteiger partial charge on any atom is -0.247 e. The Morgan fingerprint density at radius 2 is 2.00 bits per heavy atom. The summed E-state index contributed by atoms with van der Waals surface area (Å²) in [6, 6.07) is 0. The number of rotatable bonds is 1. The van der Waals surface area contributed by atoms with Crippen molar-refractivity contribution in [3.05, 3.63) is 12.7 Å². The van der Waals surface area contributed by atoms with E-state index in [9.17, 15) is 4.39 Å². The van der Waals surface area contributed by atoms with Crippen LogP contribution < -0.4 is 0 Å². The minimum atomic E-state index is -0.417. The zero-order chi connectivity index (χ0) is 3.41. The molecule has 0 aliphatic carbocycles. The summed E-state index contributed by atoms with van der Waals surface area (Å²) in [5.41, 5.74) is 0. The van der Waals surface area contributed by atoms with Gasteiger partial charge in [-0.25, -0.2) is 4.39 Å². The van der Waals surface area contributed by atoms with Crippen LogP contribution in [0.5, 0.6) is 0 Å². The highest BCUT2D eigenvalue weighted by molar-refractivity contribution is 4.61. The number of alkyl halides is 1. The smallest absolute Gasteiger partial charge is 0.107 e. The van der Waals surface area contributed by atoms with E-state index in [1.165, 1.54) is 6.08 Å². The van der Waals surface area contributed by atoms with Gasteiger partial charge in [0, 0.05) is 0 Å². The average Bonchev–Trinajstić information content (AvgIpc) is 1.37. The Kier molecular flexibility index (Phi) is 16.6. The van der Waals surface area contributed by atoms with Gasteiger partial charge in [0.1, 0.15) is 6.67 Å². The Morgan fingerprint density at radius 3 is 2.00 bits per heavy atom. The molecule has 0 fully saturated rings. The molecule has 0 saturated carbocycles. The van der Waals surface area contributed by atoms with Gasteiger partial charge in [-0.15, -0.1) is 6.58 Å². The van der Waals surface area contributed by atoms with Gasteiger partial charge < -0.3 is 0 Å². The maximum Gasteiger partial charge on any atom is 0.107 e. The predicted molar refractivity (Wildman–Crippen MR) is 22.9 cm³/mol. The maximum atomic E-state index is 10.6. The van der Waals surface area contributed by atoms with E-state index < -0.39 is 6.67 Å². The molecule has 0 nitrogen and oxygen atoms in total. The second-order valence-corrected chi connectivity index (χ2v) is 0.443. The molecule has 0 rings (SSSR count). The lowest BCUT2D eigenvalue weighted by molar-refractivity contribution is 0.562. The van der Waals surface area contributed by atoms with Crippen LogP contribution in [0.25, 0.3) is 0 Å². The van der Waals surface area contributed by atoms with E-state index in [4.69, 9.17) is 0 Å². The predicted octanol–water partition coefficient (Wildman–Crippen LogP) is 1.78. The number of halogens is 1.